The van der Waals surface area contributed by atoms with Gasteiger partial charge in [-0.05, 0) is 24.6 Å². The fourth-order valence-electron chi connectivity index (χ4n) is 1.17. The molecule has 0 aliphatic carbocycles. The first-order valence-electron chi connectivity index (χ1n) is 4.82. The number of benzene rings is 1. The highest BCUT2D eigenvalue weighted by Gasteiger charge is 2.06. The van der Waals surface area contributed by atoms with Crippen molar-refractivity contribution >= 4 is 17.5 Å². The van der Waals surface area contributed by atoms with Gasteiger partial charge in [-0.2, -0.15) is 0 Å². The lowest BCUT2D eigenvalue weighted by molar-refractivity contribution is 0.100. The SMILES string of the molecule is C#CC(C)NCc1ccc(C(N)=O)cc1Cl. The monoisotopic (exact) mass is 236 g/mol. The van der Waals surface area contributed by atoms with Gasteiger partial charge in [0.1, 0.15) is 0 Å². The number of terminal acetylenes is 1. The van der Waals surface area contributed by atoms with Crippen LogP contribution in [-0.4, -0.2) is 11.9 Å². The molecule has 1 unspecified atom stereocenters. The molecule has 16 heavy (non-hydrogen) atoms. The van der Waals surface area contributed by atoms with E-state index in [1.54, 1.807) is 18.2 Å². The van der Waals surface area contributed by atoms with Gasteiger partial charge in [-0.25, -0.2) is 0 Å². The van der Waals surface area contributed by atoms with Gasteiger partial charge in [0.2, 0.25) is 5.91 Å². The average molecular weight is 237 g/mol. The molecule has 1 atom stereocenters. The third kappa shape index (κ3) is 3.27. The maximum absolute atomic E-state index is 10.9. The number of carbonyl (C=O) groups excluding carboxylic acids is 1. The Kier molecular flexibility index (Phi) is 4.36. The van der Waals surface area contributed by atoms with Crippen LogP contribution >= 0.6 is 11.6 Å². The highest BCUT2D eigenvalue weighted by molar-refractivity contribution is 6.31. The van der Waals surface area contributed by atoms with Crippen LogP contribution in [0, 0.1) is 12.3 Å². The van der Waals surface area contributed by atoms with Crippen molar-refractivity contribution in [2.24, 2.45) is 5.73 Å². The van der Waals surface area contributed by atoms with Crippen molar-refractivity contribution in [3.05, 3.63) is 34.3 Å². The summed E-state index contributed by atoms with van der Waals surface area (Å²) >= 11 is 6.00. The minimum Gasteiger partial charge on any atom is -0.366 e. The van der Waals surface area contributed by atoms with Crippen LogP contribution in [0.3, 0.4) is 0 Å². The van der Waals surface area contributed by atoms with Gasteiger partial charge >= 0.3 is 0 Å². The van der Waals surface area contributed by atoms with E-state index in [4.69, 9.17) is 23.8 Å². The second-order valence-electron chi connectivity index (χ2n) is 3.44. The lowest BCUT2D eigenvalue weighted by Crippen LogP contribution is -2.23. The Morgan fingerprint density at radius 1 is 1.69 bits per heavy atom. The summed E-state index contributed by atoms with van der Waals surface area (Å²) in [5, 5.41) is 3.61. The summed E-state index contributed by atoms with van der Waals surface area (Å²) in [5.74, 6) is 2.07. The summed E-state index contributed by atoms with van der Waals surface area (Å²) in [4.78, 5) is 10.9. The van der Waals surface area contributed by atoms with E-state index in [0.717, 1.165) is 5.56 Å². The van der Waals surface area contributed by atoms with E-state index in [0.29, 0.717) is 17.1 Å². The third-order valence-electron chi connectivity index (χ3n) is 2.19. The standard InChI is InChI=1S/C12H13ClN2O/c1-3-8(2)15-7-10-5-4-9(12(14)16)6-11(10)13/h1,4-6,8,15H,7H2,2H3,(H2,14,16). The fraction of sp³-hybridized carbons (Fsp3) is 0.250. The number of rotatable bonds is 4. The van der Waals surface area contributed by atoms with Gasteiger partial charge in [0.25, 0.3) is 0 Å². The largest absolute Gasteiger partial charge is 0.366 e. The van der Waals surface area contributed by atoms with Gasteiger partial charge in [0.05, 0.1) is 6.04 Å². The predicted molar refractivity (Wildman–Crippen MR) is 65.1 cm³/mol. The lowest BCUT2D eigenvalue weighted by Gasteiger charge is -2.09. The first-order valence-corrected chi connectivity index (χ1v) is 5.20. The van der Waals surface area contributed by atoms with Gasteiger partial charge in [-0.1, -0.05) is 23.6 Å². The maximum atomic E-state index is 10.9. The molecule has 3 nitrogen and oxygen atoms in total. The normalized spacial score (nSPS) is 11.8. The minimum absolute atomic E-state index is 0.0214. The molecule has 3 N–H and O–H groups in total. The van der Waals surface area contributed by atoms with Crippen LogP contribution in [0.2, 0.25) is 5.02 Å². The summed E-state index contributed by atoms with van der Waals surface area (Å²) in [6.45, 7) is 2.44. The molecule has 0 aliphatic rings. The topological polar surface area (TPSA) is 55.1 Å². The lowest BCUT2D eigenvalue weighted by atomic mass is 10.1. The van der Waals surface area contributed by atoms with E-state index < -0.39 is 5.91 Å². The number of nitrogens with two attached hydrogens (primary N) is 1. The molecule has 0 heterocycles. The Hall–Kier alpha value is -1.50. The second-order valence-corrected chi connectivity index (χ2v) is 3.85. The Morgan fingerprint density at radius 2 is 2.38 bits per heavy atom. The molecular formula is C12H13ClN2O. The van der Waals surface area contributed by atoms with E-state index in [2.05, 4.69) is 11.2 Å². The Morgan fingerprint density at radius 3 is 2.88 bits per heavy atom. The molecule has 0 fully saturated rings. The molecule has 0 aliphatic heterocycles. The molecule has 0 saturated carbocycles. The van der Waals surface area contributed by atoms with Crippen LogP contribution in [0.4, 0.5) is 0 Å². The van der Waals surface area contributed by atoms with E-state index >= 15 is 0 Å². The number of hydrogen-bond donors (Lipinski definition) is 2. The van der Waals surface area contributed by atoms with E-state index in [9.17, 15) is 4.79 Å². The van der Waals surface area contributed by atoms with E-state index in [-0.39, 0.29) is 6.04 Å². The van der Waals surface area contributed by atoms with Crippen LogP contribution in [0.5, 0.6) is 0 Å². The first kappa shape index (κ1) is 12.6. The van der Waals surface area contributed by atoms with Crippen molar-refractivity contribution in [3.63, 3.8) is 0 Å². The summed E-state index contributed by atoms with van der Waals surface area (Å²) in [7, 11) is 0. The molecule has 0 spiro atoms. The molecule has 0 radical (unpaired) electrons. The fourth-order valence-corrected chi connectivity index (χ4v) is 1.41. The number of carbonyl (C=O) groups is 1. The van der Waals surface area contributed by atoms with Crippen molar-refractivity contribution in [2.45, 2.75) is 19.5 Å². The van der Waals surface area contributed by atoms with Crippen LogP contribution in [0.1, 0.15) is 22.8 Å². The molecule has 0 bridgehead atoms. The van der Waals surface area contributed by atoms with Crippen molar-refractivity contribution in [1.82, 2.24) is 5.32 Å². The van der Waals surface area contributed by atoms with Gasteiger partial charge in [-0.15, -0.1) is 6.42 Å². The smallest absolute Gasteiger partial charge is 0.248 e. The molecule has 0 aromatic heterocycles. The second kappa shape index (κ2) is 5.55. The molecule has 1 amide bonds. The first-order chi connectivity index (χ1) is 7.54. The van der Waals surface area contributed by atoms with Gasteiger partial charge < -0.3 is 5.73 Å². The Labute approximate surface area is 100.0 Å². The van der Waals surface area contributed by atoms with Crippen molar-refractivity contribution < 1.29 is 4.79 Å². The quantitative estimate of drug-likeness (QED) is 0.780. The Bertz CT molecular complexity index is 437. The molecule has 1 aromatic carbocycles. The number of amides is 1. The summed E-state index contributed by atoms with van der Waals surface area (Å²) in [5.41, 5.74) is 6.42. The van der Waals surface area contributed by atoms with Crippen LogP contribution in [0.25, 0.3) is 0 Å². The summed E-state index contributed by atoms with van der Waals surface area (Å²) in [6, 6.07) is 4.94. The number of nitrogens with one attached hydrogen (secondary N) is 1. The van der Waals surface area contributed by atoms with Crippen LogP contribution in [0.15, 0.2) is 18.2 Å². The van der Waals surface area contributed by atoms with Gasteiger partial charge in [0.15, 0.2) is 0 Å². The van der Waals surface area contributed by atoms with Gasteiger partial charge in [-0.3, -0.25) is 10.1 Å². The maximum Gasteiger partial charge on any atom is 0.248 e. The highest BCUT2D eigenvalue weighted by atomic mass is 35.5. The molecular weight excluding hydrogens is 224 g/mol. The number of primary amides is 1. The zero-order valence-electron chi connectivity index (χ0n) is 8.96. The van der Waals surface area contributed by atoms with E-state index in [1.807, 2.05) is 6.92 Å². The number of hydrogen-bond acceptors (Lipinski definition) is 2. The minimum atomic E-state index is -0.488. The summed E-state index contributed by atoms with van der Waals surface area (Å²) < 4.78 is 0. The third-order valence-corrected chi connectivity index (χ3v) is 2.54. The molecule has 4 heteroatoms. The van der Waals surface area contributed by atoms with Gasteiger partial charge in [0, 0.05) is 17.1 Å². The average Bonchev–Trinajstić information content (AvgIpc) is 2.26. The zero-order valence-corrected chi connectivity index (χ0v) is 9.71. The van der Waals surface area contributed by atoms with Crippen LogP contribution < -0.4 is 11.1 Å². The summed E-state index contributed by atoms with van der Waals surface area (Å²) in [6.07, 6.45) is 5.23. The number of halogens is 1. The molecule has 0 saturated heterocycles. The van der Waals surface area contributed by atoms with Crippen molar-refractivity contribution in [1.29, 1.82) is 0 Å². The molecule has 1 rings (SSSR count). The Balaban J connectivity index is 2.76. The van der Waals surface area contributed by atoms with Crippen molar-refractivity contribution in [3.8, 4) is 12.3 Å². The highest BCUT2D eigenvalue weighted by Crippen LogP contribution is 2.17. The molecule has 1 aromatic rings. The van der Waals surface area contributed by atoms with Crippen LogP contribution in [-0.2, 0) is 6.54 Å². The predicted octanol–water partition coefficient (Wildman–Crippen LogP) is 1.55. The van der Waals surface area contributed by atoms with Crippen molar-refractivity contribution in [2.75, 3.05) is 0 Å². The zero-order chi connectivity index (χ0) is 12.1. The van der Waals surface area contributed by atoms with E-state index in [1.165, 1.54) is 0 Å². The molecule has 84 valence electrons.